The van der Waals surface area contributed by atoms with Gasteiger partial charge >= 0.3 is 5.97 Å². The third-order valence-corrected chi connectivity index (χ3v) is 3.97. The van der Waals surface area contributed by atoms with Crippen molar-refractivity contribution in [2.24, 2.45) is 11.8 Å². The van der Waals surface area contributed by atoms with E-state index >= 15 is 0 Å². The number of anilines is 1. The van der Waals surface area contributed by atoms with Gasteiger partial charge in [0, 0.05) is 25.2 Å². The maximum absolute atomic E-state index is 12.3. The summed E-state index contributed by atoms with van der Waals surface area (Å²) in [4.78, 5) is 37.3. The van der Waals surface area contributed by atoms with Crippen LogP contribution in [0.2, 0.25) is 0 Å². The summed E-state index contributed by atoms with van der Waals surface area (Å²) >= 11 is 0. The molecule has 0 radical (unpaired) electrons. The summed E-state index contributed by atoms with van der Waals surface area (Å²) in [7, 11) is 1.35. The molecule has 24 heavy (non-hydrogen) atoms. The van der Waals surface area contributed by atoms with Crippen LogP contribution in [0.25, 0.3) is 0 Å². The van der Waals surface area contributed by atoms with Gasteiger partial charge in [-0.3, -0.25) is 14.4 Å². The van der Waals surface area contributed by atoms with E-state index in [9.17, 15) is 14.4 Å². The Morgan fingerprint density at radius 2 is 1.96 bits per heavy atom. The first-order chi connectivity index (χ1) is 11.4. The fraction of sp³-hybridized carbons (Fsp3) is 0.500. The van der Waals surface area contributed by atoms with E-state index in [0.717, 1.165) is 5.56 Å². The van der Waals surface area contributed by atoms with Gasteiger partial charge in [-0.05, 0) is 23.6 Å². The van der Waals surface area contributed by atoms with Crippen LogP contribution in [0.1, 0.15) is 25.8 Å². The van der Waals surface area contributed by atoms with Crippen molar-refractivity contribution in [2.45, 2.75) is 26.7 Å². The summed E-state index contributed by atoms with van der Waals surface area (Å²) < 4.78 is 4.62. The van der Waals surface area contributed by atoms with E-state index in [2.05, 4.69) is 23.9 Å². The molecular formula is C18H24N2O4. The number of carbonyl (C=O) groups is 3. The molecule has 6 heteroatoms. The molecule has 1 heterocycles. The molecular weight excluding hydrogens is 308 g/mol. The van der Waals surface area contributed by atoms with Crippen molar-refractivity contribution >= 4 is 23.5 Å². The average molecular weight is 332 g/mol. The van der Waals surface area contributed by atoms with Gasteiger partial charge in [0.1, 0.15) is 0 Å². The van der Waals surface area contributed by atoms with Crippen LogP contribution >= 0.6 is 0 Å². The van der Waals surface area contributed by atoms with E-state index in [1.165, 1.54) is 7.11 Å². The van der Waals surface area contributed by atoms with Gasteiger partial charge in [-0.15, -0.1) is 0 Å². The van der Waals surface area contributed by atoms with Crippen molar-refractivity contribution in [3.63, 3.8) is 0 Å². The van der Waals surface area contributed by atoms with Gasteiger partial charge in [0.25, 0.3) is 0 Å². The first kappa shape index (κ1) is 18.0. The summed E-state index contributed by atoms with van der Waals surface area (Å²) in [6.45, 7) is 5.27. The molecule has 0 aliphatic carbocycles. The number of nitrogens with one attached hydrogen (secondary N) is 1. The number of hydrogen-bond acceptors (Lipinski definition) is 4. The highest BCUT2D eigenvalue weighted by Gasteiger charge is 2.34. The number of benzene rings is 1. The molecule has 0 aromatic heterocycles. The lowest BCUT2D eigenvalue weighted by Crippen LogP contribution is -2.31. The minimum Gasteiger partial charge on any atom is -0.469 e. The number of esters is 1. The van der Waals surface area contributed by atoms with Crippen LogP contribution in [0.3, 0.4) is 0 Å². The van der Waals surface area contributed by atoms with Crippen molar-refractivity contribution in [2.75, 3.05) is 25.5 Å². The molecule has 0 bridgehead atoms. The van der Waals surface area contributed by atoms with Crippen LogP contribution in [-0.4, -0.2) is 42.9 Å². The summed E-state index contributed by atoms with van der Waals surface area (Å²) in [5, 5.41) is 2.84. The van der Waals surface area contributed by atoms with Crippen LogP contribution in [0.15, 0.2) is 24.3 Å². The van der Waals surface area contributed by atoms with E-state index in [0.29, 0.717) is 24.7 Å². The monoisotopic (exact) mass is 332 g/mol. The van der Waals surface area contributed by atoms with E-state index in [1.54, 1.807) is 29.2 Å². The third kappa shape index (κ3) is 4.81. The fourth-order valence-corrected chi connectivity index (χ4v) is 2.75. The number of nitrogens with zero attached hydrogens (tertiary/aromatic N) is 1. The smallest absolute Gasteiger partial charge is 0.309 e. The second kappa shape index (κ2) is 7.95. The minimum atomic E-state index is -0.314. The second-order valence-corrected chi connectivity index (χ2v) is 6.53. The van der Waals surface area contributed by atoms with Gasteiger partial charge in [0.2, 0.25) is 11.8 Å². The molecule has 2 amide bonds. The Kier molecular flexibility index (Phi) is 5.95. The van der Waals surface area contributed by atoms with Gasteiger partial charge in [0.15, 0.2) is 0 Å². The summed E-state index contributed by atoms with van der Waals surface area (Å²) in [5.41, 5.74) is 1.47. The molecule has 0 spiro atoms. The largest absolute Gasteiger partial charge is 0.469 e. The van der Waals surface area contributed by atoms with Crippen molar-refractivity contribution in [1.82, 2.24) is 4.90 Å². The lowest BCUT2D eigenvalue weighted by atomic mass is 10.1. The molecule has 1 atom stereocenters. The van der Waals surface area contributed by atoms with E-state index < -0.39 is 0 Å². The number of carbonyl (C=O) groups excluding carboxylic acids is 3. The number of likely N-dealkylation sites (tertiary alicyclic amines) is 1. The maximum Gasteiger partial charge on any atom is 0.309 e. The topological polar surface area (TPSA) is 75.7 Å². The Bertz CT molecular complexity index is 610. The molecule has 130 valence electrons. The zero-order chi connectivity index (χ0) is 17.7. The first-order valence-electron chi connectivity index (χ1n) is 8.13. The Morgan fingerprint density at radius 3 is 2.54 bits per heavy atom. The molecule has 1 N–H and O–H groups in total. The minimum absolute atomic E-state index is 0.0391. The van der Waals surface area contributed by atoms with Crippen LogP contribution in [0.5, 0.6) is 0 Å². The number of ether oxygens (including phenoxy) is 1. The van der Waals surface area contributed by atoms with Gasteiger partial charge in [-0.1, -0.05) is 26.0 Å². The zero-order valence-electron chi connectivity index (χ0n) is 14.4. The van der Waals surface area contributed by atoms with E-state index in [-0.39, 0.29) is 36.5 Å². The fourth-order valence-electron chi connectivity index (χ4n) is 2.75. The van der Waals surface area contributed by atoms with Gasteiger partial charge in [-0.25, -0.2) is 0 Å². The highest BCUT2D eigenvalue weighted by molar-refractivity contribution is 5.97. The molecule has 2 rings (SSSR count). The normalized spacial score (nSPS) is 17.2. The molecule has 1 aromatic carbocycles. The average Bonchev–Trinajstić information content (AvgIpc) is 2.89. The molecule has 0 saturated carbocycles. The highest BCUT2D eigenvalue weighted by Crippen LogP contribution is 2.21. The number of hydrogen-bond donors (Lipinski definition) is 1. The van der Waals surface area contributed by atoms with Gasteiger partial charge in [0.05, 0.1) is 19.4 Å². The van der Waals surface area contributed by atoms with E-state index in [1.807, 2.05) is 0 Å². The zero-order valence-corrected chi connectivity index (χ0v) is 14.4. The number of rotatable bonds is 6. The van der Waals surface area contributed by atoms with E-state index in [4.69, 9.17) is 0 Å². The molecule has 6 nitrogen and oxygen atoms in total. The molecule has 1 aliphatic heterocycles. The van der Waals surface area contributed by atoms with Crippen molar-refractivity contribution in [1.29, 1.82) is 0 Å². The maximum atomic E-state index is 12.3. The predicted molar refractivity (Wildman–Crippen MR) is 90.3 cm³/mol. The quantitative estimate of drug-likeness (QED) is 0.807. The van der Waals surface area contributed by atoms with Crippen molar-refractivity contribution in [3.05, 3.63) is 29.8 Å². The highest BCUT2D eigenvalue weighted by atomic mass is 16.5. The van der Waals surface area contributed by atoms with Gasteiger partial charge < -0.3 is 15.0 Å². The molecule has 1 saturated heterocycles. The second-order valence-electron chi connectivity index (χ2n) is 6.53. The molecule has 1 aliphatic rings. The number of methoxy groups -OCH3 is 1. The van der Waals surface area contributed by atoms with Gasteiger partial charge in [-0.2, -0.15) is 0 Å². The van der Waals surface area contributed by atoms with Crippen LogP contribution in [-0.2, 0) is 25.5 Å². The van der Waals surface area contributed by atoms with Crippen LogP contribution in [0.4, 0.5) is 5.69 Å². The molecule has 1 fully saturated rings. The predicted octanol–water partition coefficient (Wildman–Crippen LogP) is 1.85. The number of amides is 2. The lowest BCUT2D eigenvalue weighted by Gasteiger charge is -2.18. The Labute approximate surface area is 142 Å². The van der Waals surface area contributed by atoms with Crippen LogP contribution < -0.4 is 5.32 Å². The summed E-state index contributed by atoms with van der Waals surface area (Å²) in [6, 6.07) is 7.05. The Balaban J connectivity index is 1.90. The van der Waals surface area contributed by atoms with Crippen LogP contribution in [0, 0.1) is 11.8 Å². The third-order valence-electron chi connectivity index (χ3n) is 3.97. The standard InChI is InChI=1S/C18H24N2O4/c1-12(2)10-20-11-14(9-16(20)21)18(23)19-15-6-4-13(5-7-15)8-17(22)24-3/h4-7,12,14H,8-11H2,1-3H3,(H,19,23). The Hall–Kier alpha value is -2.37. The SMILES string of the molecule is COC(=O)Cc1ccc(NC(=O)C2CC(=O)N(CC(C)C)C2)cc1. The van der Waals surface area contributed by atoms with Crippen molar-refractivity contribution in [3.8, 4) is 0 Å². The Morgan fingerprint density at radius 1 is 1.29 bits per heavy atom. The summed E-state index contributed by atoms with van der Waals surface area (Å²) in [6.07, 6.45) is 0.463. The first-order valence-corrected chi connectivity index (χ1v) is 8.13. The lowest BCUT2D eigenvalue weighted by molar-refractivity contribution is -0.139. The molecule has 1 aromatic rings. The molecule has 1 unspecified atom stereocenters. The van der Waals surface area contributed by atoms with Crippen molar-refractivity contribution < 1.29 is 19.1 Å². The summed E-state index contributed by atoms with van der Waals surface area (Å²) in [5.74, 6) is -0.335.